The Morgan fingerprint density at radius 1 is 0.900 bits per heavy atom. The zero-order valence-electron chi connectivity index (χ0n) is 16.0. The molecule has 0 spiro atoms. The van der Waals surface area contributed by atoms with Crippen LogP contribution in [0.5, 0.6) is 11.5 Å². The SMILES string of the molecule is CCCc1cc(C(OCOC)(C(F)(F)F)C(F)(F)F)ccc1Oc1ccccc1I. The first kappa shape index (κ1) is 24.7. The summed E-state index contributed by atoms with van der Waals surface area (Å²) in [6.45, 7) is 0.563. The van der Waals surface area contributed by atoms with Crippen LogP contribution in [0.1, 0.15) is 24.5 Å². The molecular formula is C20H19F6IO3. The van der Waals surface area contributed by atoms with Gasteiger partial charge in [-0.15, -0.1) is 0 Å². The second kappa shape index (κ2) is 9.73. The highest BCUT2D eigenvalue weighted by atomic mass is 127. The average molecular weight is 548 g/mol. The van der Waals surface area contributed by atoms with Gasteiger partial charge in [0.05, 0.1) is 3.57 Å². The van der Waals surface area contributed by atoms with Crippen LogP contribution < -0.4 is 4.74 Å². The van der Waals surface area contributed by atoms with E-state index in [9.17, 15) is 26.3 Å². The van der Waals surface area contributed by atoms with Gasteiger partial charge in [0.1, 0.15) is 18.3 Å². The van der Waals surface area contributed by atoms with E-state index in [4.69, 9.17) is 4.74 Å². The normalized spacial score (nSPS) is 12.8. The number of hydrogen-bond donors (Lipinski definition) is 0. The molecule has 2 aromatic carbocycles. The number of rotatable bonds is 8. The second-order valence-corrected chi connectivity index (χ2v) is 7.49. The van der Waals surface area contributed by atoms with Crippen molar-refractivity contribution in [3.8, 4) is 11.5 Å². The zero-order valence-corrected chi connectivity index (χ0v) is 18.2. The minimum absolute atomic E-state index is 0.176. The molecule has 166 valence electrons. The summed E-state index contributed by atoms with van der Waals surface area (Å²) < 4.78 is 97.8. The van der Waals surface area contributed by atoms with Crippen LogP contribution in [-0.2, 0) is 21.5 Å². The molecule has 0 heterocycles. The number of halogens is 7. The van der Waals surface area contributed by atoms with E-state index >= 15 is 0 Å². The van der Waals surface area contributed by atoms with Crippen molar-refractivity contribution in [2.45, 2.75) is 37.7 Å². The number of para-hydroxylation sites is 1. The van der Waals surface area contributed by atoms with Gasteiger partial charge in [0.2, 0.25) is 0 Å². The summed E-state index contributed by atoms with van der Waals surface area (Å²) in [6, 6.07) is 9.57. The van der Waals surface area contributed by atoms with E-state index in [0.29, 0.717) is 12.2 Å². The smallest absolute Gasteiger partial charge is 0.430 e. The Balaban J connectivity index is 2.63. The van der Waals surface area contributed by atoms with Crippen LogP contribution in [0.3, 0.4) is 0 Å². The first-order valence-corrected chi connectivity index (χ1v) is 9.88. The van der Waals surface area contributed by atoms with Crippen molar-refractivity contribution in [3.63, 3.8) is 0 Å². The van der Waals surface area contributed by atoms with Crippen LogP contribution in [-0.4, -0.2) is 26.3 Å². The molecule has 0 bridgehead atoms. The van der Waals surface area contributed by atoms with Crippen molar-refractivity contribution in [1.29, 1.82) is 0 Å². The van der Waals surface area contributed by atoms with E-state index in [1.165, 1.54) is 0 Å². The molecule has 0 N–H and O–H groups in total. The van der Waals surface area contributed by atoms with Crippen molar-refractivity contribution in [1.82, 2.24) is 0 Å². The Morgan fingerprint density at radius 2 is 1.53 bits per heavy atom. The van der Waals surface area contributed by atoms with Crippen LogP contribution in [0.25, 0.3) is 0 Å². The van der Waals surface area contributed by atoms with Crippen LogP contribution in [0.15, 0.2) is 42.5 Å². The topological polar surface area (TPSA) is 27.7 Å². The lowest BCUT2D eigenvalue weighted by molar-refractivity contribution is -0.400. The Morgan fingerprint density at radius 3 is 2.07 bits per heavy atom. The maximum atomic E-state index is 13.8. The lowest BCUT2D eigenvalue weighted by Crippen LogP contribution is -2.56. The monoisotopic (exact) mass is 548 g/mol. The number of methoxy groups -OCH3 is 1. The predicted octanol–water partition coefficient (Wildman–Crippen LogP) is 6.98. The van der Waals surface area contributed by atoms with E-state index in [0.717, 1.165) is 28.9 Å². The maximum absolute atomic E-state index is 13.8. The molecule has 0 saturated heterocycles. The van der Waals surface area contributed by atoms with Gasteiger partial charge >= 0.3 is 12.4 Å². The van der Waals surface area contributed by atoms with Crippen molar-refractivity contribution in [2.75, 3.05) is 13.9 Å². The molecule has 0 aliphatic carbocycles. The highest BCUT2D eigenvalue weighted by Crippen LogP contribution is 2.53. The fourth-order valence-electron chi connectivity index (χ4n) is 2.89. The molecule has 0 unspecified atom stereocenters. The molecule has 3 nitrogen and oxygen atoms in total. The van der Waals surface area contributed by atoms with E-state index in [1.54, 1.807) is 31.2 Å². The highest BCUT2D eigenvalue weighted by molar-refractivity contribution is 14.1. The third-order valence-electron chi connectivity index (χ3n) is 4.23. The number of alkyl halides is 6. The molecular weight excluding hydrogens is 529 g/mol. The third kappa shape index (κ3) is 5.02. The van der Waals surface area contributed by atoms with Gasteiger partial charge in [-0.25, -0.2) is 0 Å². The predicted molar refractivity (Wildman–Crippen MR) is 106 cm³/mol. The van der Waals surface area contributed by atoms with Crippen molar-refractivity contribution >= 4 is 22.6 Å². The van der Waals surface area contributed by atoms with Gasteiger partial charge in [0.15, 0.2) is 0 Å². The number of aryl methyl sites for hydroxylation is 1. The quantitative estimate of drug-likeness (QED) is 0.203. The van der Waals surface area contributed by atoms with E-state index in [1.807, 2.05) is 22.6 Å². The minimum Gasteiger partial charge on any atom is -0.456 e. The summed E-state index contributed by atoms with van der Waals surface area (Å²) >= 11 is 2.02. The van der Waals surface area contributed by atoms with Gasteiger partial charge in [-0.1, -0.05) is 31.5 Å². The molecule has 2 rings (SSSR count). The Bertz CT molecular complexity index is 837. The fourth-order valence-corrected chi connectivity index (χ4v) is 3.39. The number of benzene rings is 2. The fraction of sp³-hybridized carbons (Fsp3) is 0.400. The number of ether oxygens (including phenoxy) is 3. The molecule has 2 aromatic rings. The first-order valence-electron chi connectivity index (χ1n) is 8.80. The summed E-state index contributed by atoms with van der Waals surface area (Å²) in [7, 11) is 0.943. The van der Waals surface area contributed by atoms with Gasteiger partial charge < -0.3 is 14.2 Å². The second-order valence-electron chi connectivity index (χ2n) is 6.33. The van der Waals surface area contributed by atoms with Crippen LogP contribution >= 0.6 is 22.6 Å². The van der Waals surface area contributed by atoms with Crippen LogP contribution in [0.4, 0.5) is 26.3 Å². The Kier molecular flexibility index (Phi) is 8.03. The zero-order chi connectivity index (χ0) is 22.6. The van der Waals surface area contributed by atoms with Crippen molar-refractivity contribution < 1.29 is 40.6 Å². The lowest BCUT2D eigenvalue weighted by Gasteiger charge is -2.37. The van der Waals surface area contributed by atoms with Gasteiger partial charge in [-0.2, -0.15) is 26.3 Å². The van der Waals surface area contributed by atoms with E-state index < -0.39 is 30.3 Å². The molecule has 30 heavy (non-hydrogen) atoms. The van der Waals surface area contributed by atoms with Gasteiger partial charge in [0, 0.05) is 12.7 Å². The average Bonchev–Trinajstić information content (AvgIpc) is 2.64. The standard InChI is InChI=1S/C20H19F6IO3/c1-3-6-13-11-14(9-10-16(13)30-17-8-5-4-7-15(17)27)18(19(21,22)23,20(24,25)26)29-12-28-2/h4-5,7-11H,3,6,12H2,1-2H3. The first-order chi connectivity index (χ1) is 14.0. The molecule has 0 atom stereocenters. The van der Waals surface area contributed by atoms with Crippen molar-refractivity contribution in [2.24, 2.45) is 0 Å². The molecule has 10 heteroatoms. The van der Waals surface area contributed by atoms with Crippen LogP contribution in [0, 0.1) is 3.57 Å². The van der Waals surface area contributed by atoms with Crippen LogP contribution in [0.2, 0.25) is 0 Å². The summed E-state index contributed by atoms with van der Waals surface area (Å²) in [5.74, 6) is 0.617. The Labute approximate surface area is 183 Å². The van der Waals surface area contributed by atoms with Crippen molar-refractivity contribution in [3.05, 3.63) is 57.2 Å². The molecule has 0 aliphatic rings. The molecule has 0 aromatic heterocycles. The van der Waals surface area contributed by atoms with E-state index in [-0.39, 0.29) is 17.7 Å². The van der Waals surface area contributed by atoms with E-state index in [2.05, 4.69) is 9.47 Å². The van der Waals surface area contributed by atoms with Gasteiger partial charge in [0.25, 0.3) is 5.60 Å². The molecule has 0 amide bonds. The largest absolute Gasteiger partial charge is 0.456 e. The maximum Gasteiger partial charge on any atom is 0.430 e. The van der Waals surface area contributed by atoms with Gasteiger partial charge in [-0.05, 0) is 58.8 Å². The number of hydrogen-bond acceptors (Lipinski definition) is 3. The summed E-state index contributed by atoms with van der Waals surface area (Å²) in [6.07, 6.45) is -10.9. The van der Waals surface area contributed by atoms with Gasteiger partial charge in [-0.3, -0.25) is 0 Å². The minimum atomic E-state index is -5.77. The summed E-state index contributed by atoms with van der Waals surface area (Å²) in [5.41, 5.74) is -5.41. The summed E-state index contributed by atoms with van der Waals surface area (Å²) in [5, 5.41) is 0. The lowest BCUT2D eigenvalue weighted by atomic mass is 9.89. The molecule has 0 fully saturated rings. The summed E-state index contributed by atoms with van der Waals surface area (Å²) in [4.78, 5) is 0. The Hall–Kier alpha value is -1.53. The molecule has 0 saturated carbocycles. The highest BCUT2D eigenvalue weighted by Gasteiger charge is 2.73. The molecule has 0 aliphatic heterocycles. The molecule has 0 radical (unpaired) electrons. The third-order valence-corrected chi connectivity index (χ3v) is 5.13.